The van der Waals surface area contributed by atoms with E-state index in [2.05, 4.69) is 4.90 Å². The number of halogens is 1. The van der Waals surface area contributed by atoms with Crippen molar-refractivity contribution in [2.24, 2.45) is 11.8 Å². The molecule has 0 aromatic carbocycles. The number of nitrogens with zero attached hydrogens (tertiary/aromatic N) is 1. The van der Waals surface area contributed by atoms with Crippen LogP contribution in [0.2, 0.25) is 0 Å². The van der Waals surface area contributed by atoms with Crippen LogP contribution >= 0.6 is 12.4 Å². The van der Waals surface area contributed by atoms with Gasteiger partial charge in [0.05, 0.1) is 5.92 Å². The third kappa shape index (κ3) is 5.91. The molecule has 4 heteroatoms. The normalized spacial score (nSPS) is 25.7. The second kappa shape index (κ2) is 10.7. The minimum absolute atomic E-state index is 0. The van der Waals surface area contributed by atoms with Gasteiger partial charge in [-0.3, -0.25) is 9.69 Å². The molecule has 1 heterocycles. The first-order chi connectivity index (χ1) is 11.3. The van der Waals surface area contributed by atoms with Crippen LogP contribution in [0.4, 0.5) is 0 Å². The highest BCUT2D eigenvalue weighted by molar-refractivity contribution is 5.85. The van der Waals surface area contributed by atoms with Gasteiger partial charge in [0.15, 0.2) is 0 Å². The predicted molar refractivity (Wildman–Crippen MR) is 101 cm³/mol. The summed E-state index contributed by atoms with van der Waals surface area (Å²) in [5, 5.41) is 0. The average Bonchev–Trinajstić information content (AvgIpc) is 2.63. The molecular weight excluding hydrogens is 322 g/mol. The fraction of sp³-hybridized carbons (Fsp3) is 0.950. The molecule has 0 radical (unpaired) electrons. The van der Waals surface area contributed by atoms with Crippen LogP contribution in [0, 0.1) is 11.8 Å². The summed E-state index contributed by atoms with van der Waals surface area (Å²) in [6.07, 6.45) is 16.5. The molecule has 0 N–H and O–H groups in total. The van der Waals surface area contributed by atoms with Gasteiger partial charge in [0.2, 0.25) is 0 Å². The molecule has 1 aliphatic heterocycles. The standard InChI is InChI=1S/C20H35NO2.ClH/c22-20(18-12-6-2-7-13-18)23-19(17-10-4-1-5-11-17)16-21-14-8-3-9-15-21;/h17-19H,1-16H2;1H. The molecule has 1 unspecified atom stereocenters. The average molecular weight is 358 g/mol. The number of likely N-dealkylation sites (tertiary alicyclic amines) is 1. The number of esters is 1. The molecule has 1 saturated heterocycles. The second-order valence-corrected chi connectivity index (χ2v) is 8.07. The zero-order valence-corrected chi connectivity index (χ0v) is 16.0. The summed E-state index contributed by atoms with van der Waals surface area (Å²) in [6.45, 7) is 3.39. The van der Waals surface area contributed by atoms with Gasteiger partial charge in [0, 0.05) is 6.54 Å². The molecule has 140 valence electrons. The Morgan fingerprint density at radius 3 is 2.00 bits per heavy atom. The molecule has 0 aromatic rings. The first-order valence-corrected chi connectivity index (χ1v) is 10.3. The molecule has 24 heavy (non-hydrogen) atoms. The Balaban J connectivity index is 0.00000208. The first kappa shape index (κ1) is 20.0. The van der Waals surface area contributed by atoms with E-state index in [9.17, 15) is 4.79 Å². The summed E-state index contributed by atoms with van der Waals surface area (Å²) in [5.74, 6) is 0.923. The Labute approximate surface area is 154 Å². The number of hydrogen-bond donors (Lipinski definition) is 0. The minimum atomic E-state index is 0. The maximum absolute atomic E-state index is 12.7. The van der Waals surface area contributed by atoms with Crippen LogP contribution in [0.25, 0.3) is 0 Å². The Morgan fingerprint density at radius 2 is 1.38 bits per heavy atom. The van der Waals surface area contributed by atoms with Gasteiger partial charge in [0.25, 0.3) is 0 Å². The number of carbonyl (C=O) groups is 1. The van der Waals surface area contributed by atoms with Gasteiger partial charge in [0.1, 0.15) is 6.10 Å². The number of hydrogen-bond acceptors (Lipinski definition) is 3. The van der Waals surface area contributed by atoms with Crippen LogP contribution in [-0.2, 0) is 9.53 Å². The summed E-state index contributed by atoms with van der Waals surface area (Å²) in [4.78, 5) is 15.2. The van der Waals surface area contributed by atoms with Crippen LogP contribution in [-0.4, -0.2) is 36.6 Å². The summed E-state index contributed by atoms with van der Waals surface area (Å²) in [7, 11) is 0. The fourth-order valence-corrected chi connectivity index (χ4v) is 4.77. The highest BCUT2D eigenvalue weighted by atomic mass is 35.5. The smallest absolute Gasteiger partial charge is 0.309 e. The van der Waals surface area contributed by atoms with Gasteiger partial charge in [-0.1, -0.05) is 44.9 Å². The lowest BCUT2D eigenvalue weighted by Crippen LogP contribution is -2.43. The van der Waals surface area contributed by atoms with Gasteiger partial charge in [-0.2, -0.15) is 0 Å². The molecule has 0 spiro atoms. The van der Waals surface area contributed by atoms with Gasteiger partial charge in [-0.05, 0) is 57.5 Å². The first-order valence-electron chi connectivity index (χ1n) is 10.3. The zero-order valence-electron chi connectivity index (χ0n) is 15.2. The van der Waals surface area contributed by atoms with Crippen LogP contribution in [0.15, 0.2) is 0 Å². The lowest BCUT2D eigenvalue weighted by Gasteiger charge is -2.36. The lowest BCUT2D eigenvalue weighted by atomic mass is 9.84. The maximum atomic E-state index is 12.7. The zero-order chi connectivity index (χ0) is 15.9. The van der Waals surface area contributed by atoms with Crippen molar-refractivity contribution in [2.45, 2.75) is 89.6 Å². The van der Waals surface area contributed by atoms with E-state index in [0.717, 1.165) is 19.4 Å². The fourth-order valence-electron chi connectivity index (χ4n) is 4.77. The molecule has 3 nitrogen and oxygen atoms in total. The lowest BCUT2D eigenvalue weighted by molar-refractivity contribution is -0.160. The van der Waals surface area contributed by atoms with E-state index in [0.29, 0.717) is 5.92 Å². The summed E-state index contributed by atoms with van der Waals surface area (Å²) in [5.41, 5.74) is 0. The van der Waals surface area contributed by atoms with E-state index in [-0.39, 0.29) is 30.4 Å². The number of piperidine rings is 1. The molecular formula is C20H36ClNO2. The van der Waals surface area contributed by atoms with Gasteiger partial charge in [-0.15, -0.1) is 12.4 Å². The van der Waals surface area contributed by atoms with E-state index in [1.54, 1.807) is 0 Å². The maximum Gasteiger partial charge on any atom is 0.309 e. The minimum Gasteiger partial charge on any atom is -0.460 e. The van der Waals surface area contributed by atoms with Gasteiger partial charge >= 0.3 is 5.97 Å². The number of carbonyl (C=O) groups excluding carboxylic acids is 1. The van der Waals surface area contributed by atoms with Crippen molar-refractivity contribution in [1.82, 2.24) is 4.90 Å². The van der Waals surface area contributed by atoms with E-state index < -0.39 is 0 Å². The molecule has 2 saturated carbocycles. The van der Waals surface area contributed by atoms with Crippen molar-refractivity contribution in [3.8, 4) is 0 Å². The third-order valence-corrected chi connectivity index (χ3v) is 6.27. The van der Waals surface area contributed by atoms with Crippen molar-refractivity contribution < 1.29 is 9.53 Å². The molecule has 3 fully saturated rings. The van der Waals surface area contributed by atoms with Crippen molar-refractivity contribution in [3.63, 3.8) is 0 Å². The molecule has 0 amide bonds. The Hall–Kier alpha value is -0.280. The number of ether oxygens (including phenoxy) is 1. The molecule has 0 bridgehead atoms. The molecule has 3 rings (SSSR count). The van der Waals surface area contributed by atoms with Gasteiger partial charge < -0.3 is 4.74 Å². The monoisotopic (exact) mass is 357 g/mol. The van der Waals surface area contributed by atoms with E-state index in [4.69, 9.17) is 4.74 Å². The SMILES string of the molecule is Cl.O=C(OC(CN1CCCCC1)C1CCCCC1)C1CCCCC1. The topological polar surface area (TPSA) is 29.5 Å². The largest absolute Gasteiger partial charge is 0.460 e. The molecule has 1 atom stereocenters. The van der Waals surface area contributed by atoms with Crippen molar-refractivity contribution in [2.75, 3.05) is 19.6 Å². The highest BCUT2D eigenvalue weighted by Crippen LogP contribution is 2.31. The van der Waals surface area contributed by atoms with Crippen LogP contribution < -0.4 is 0 Å². The Morgan fingerprint density at radius 1 is 0.833 bits per heavy atom. The van der Waals surface area contributed by atoms with Crippen molar-refractivity contribution in [3.05, 3.63) is 0 Å². The summed E-state index contributed by atoms with van der Waals surface area (Å²) in [6, 6.07) is 0. The Bertz CT molecular complexity index is 359. The quantitative estimate of drug-likeness (QED) is 0.651. The van der Waals surface area contributed by atoms with Crippen LogP contribution in [0.1, 0.15) is 83.5 Å². The van der Waals surface area contributed by atoms with Crippen molar-refractivity contribution >= 4 is 18.4 Å². The van der Waals surface area contributed by atoms with Crippen LogP contribution in [0.3, 0.4) is 0 Å². The summed E-state index contributed by atoms with van der Waals surface area (Å²) >= 11 is 0. The van der Waals surface area contributed by atoms with Crippen LogP contribution in [0.5, 0.6) is 0 Å². The molecule has 0 aromatic heterocycles. The highest BCUT2D eigenvalue weighted by Gasteiger charge is 2.32. The summed E-state index contributed by atoms with van der Waals surface area (Å²) < 4.78 is 6.15. The Kier molecular flexibility index (Phi) is 8.89. The molecule has 2 aliphatic carbocycles. The predicted octanol–water partition coefficient (Wildman–Crippen LogP) is 4.97. The van der Waals surface area contributed by atoms with E-state index in [1.165, 1.54) is 83.7 Å². The third-order valence-electron chi connectivity index (χ3n) is 6.27. The number of rotatable bonds is 5. The molecule has 3 aliphatic rings. The van der Waals surface area contributed by atoms with E-state index >= 15 is 0 Å². The van der Waals surface area contributed by atoms with Crippen molar-refractivity contribution in [1.29, 1.82) is 0 Å². The second-order valence-electron chi connectivity index (χ2n) is 8.07. The van der Waals surface area contributed by atoms with E-state index in [1.807, 2.05) is 0 Å². The van der Waals surface area contributed by atoms with Gasteiger partial charge in [-0.25, -0.2) is 0 Å².